The molecule has 0 bridgehead atoms. The summed E-state index contributed by atoms with van der Waals surface area (Å²) in [7, 11) is 0. The van der Waals surface area contributed by atoms with Gasteiger partial charge in [-0.3, -0.25) is 0 Å². The summed E-state index contributed by atoms with van der Waals surface area (Å²) in [5.41, 5.74) is 2.57. The van der Waals surface area contributed by atoms with E-state index >= 15 is 0 Å². The maximum atomic E-state index is 3.82. The number of hydrogen-bond acceptors (Lipinski definition) is 0. The minimum absolute atomic E-state index is 0.861. The molecule has 1 heteroatoms. The molecule has 0 aromatic heterocycles. The fraction of sp³-hybridized carbons (Fsp3) is 0.222. The van der Waals surface area contributed by atoms with Gasteiger partial charge < -0.3 is 0 Å². The Balaban J connectivity index is 3.06. The Labute approximate surface area is 70.4 Å². The summed E-state index contributed by atoms with van der Waals surface area (Å²) in [6, 6.07) is 6.34. The molecule has 0 spiro atoms. The molecule has 0 saturated heterocycles. The summed E-state index contributed by atoms with van der Waals surface area (Å²) < 4.78 is 1.14. The Hall–Kier alpha value is -0.300. The van der Waals surface area contributed by atoms with Crippen LogP contribution in [0.15, 0.2) is 22.7 Å². The van der Waals surface area contributed by atoms with Crippen molar-refractivity contribution in [1.82, 2.24) is 0 Å². The average molecular weight is 198 g/mol. The molecule has 1 aromatic rings. The molecule has 0 amide bonds. The summed E-state index contributed by atoms with van der Waals surface area (Å²) in [6.45, 7) is 5.90. The molecule has 0 fully saturated rings. The second kappa shape index (κ2) is 3.20. The van der Waals surface area contributed by atoms with Crippen molar-refractivity contribution < 1.29 is 0 Å². The lowest BCUT2D eigenvalue weighted by atomic mass is 10.1. The standard InChI is InChI=1S/C9H10Br/c1-3-8-4-7(2)5-9(10)6-8/h4-6H,1,3H2,2H3. The van der Waals surface area contributed by atoms with E-state index in [9.17, 15) is 0 Å². The highest BCUT2D eigenvalue weighted by atomic mass is 79.9. The summed E-state index contributed by atoms with van der Waals surface area (Å²) in [5, 5.41) is 0. The summed E-state index contributed by atoms with van der Waals surface area (Å²) in [6.07, 6.45) is 0.861. The van der Waals surface area contributed by atoms with E-state index in [-0.39, 0.29) is 0 Å². The Bertz CT molecular complexity index is 208. The molecule has 0 heterocycles. The van der Waals surface area contributed by atoms with E-state index in [4.69, 9.17) is 0 Å². The highest BCUT2D eigenvalue weighted by molar-refractivity contribution is 9.10. The Morgan fingerprint density at radius 3 is 2.60 bits per heavy atom. The normalized spacial score (nSPS) is 9.90. The lowest BCUT2D eigenvalue weighted by Crippen LogP contribution is -1.81. The first kappa shape index (κ1) is 7.80. The van der Waals surface area contributed by atoms with Crippen molar-refractivity contribution in [2.24, 2.45) is 0 Å². The third kappa shape index (κ3) is 1.84. The quantitative estimate of drug-likeness (QED) is 0.650. The highest BCUT2D eigenvalue weighted by Crippen LogP contribution is 2.15. The second-order valence-corrected chi connectivity index (χ2v) is 3.30. The van der Waals surface area contributed by atoms with Gasteiger partial charge in [-0.15, -0.1) is 0 Å². The van der Waals surface area contributed by atoms with Crippen LogP contribution < -0.4 is 0 Å². The van der Waals surface area contributed by atoms with Crippen molar-refractivity contribution in [2.75, 3.05) is 0 Å². The third-order valence-corrected chi connectivity index (χ3v) is 1.85. The van der Waals surface area contributed by atoms with E-state index in [2.05, 4.69) is 48.0 Å². The number of benzene rings is 1. The van der Waals surface area contributed by atoms with Crippen LogP contribution in [0.4, 0.5) is 0 Å². The van der Waals surface area contributed by atoms with Crippen LogP contribution >= 0.6 is 15.9 Å². The van der Waals surface area contributed by atoms with Crippen LogP contribution in [0.25, 0.3) is 0 Å². The molecule has 0 saturated carbocycles. The van der Waals surface area contributed by atoms with E-state index in [1.165, 1.54) is 11.1 Å². The molecule has 0 unspecified atom stereocenters. The van der Waals surface area contributed by atoms with Crippen molar-refractivity contribution in [3.63, 3.8) is 0 Å². The van der Waals surface area contributed by atoms with Gasteiger partial charge in [-0.25, -0.2) is 0 Å². The lowest BCUT2D eigenvalue weighted by molar-refractivity contribution is 1.24. The Morgan fingerprint density at radius 1 is 1.40 bits per heavy atom. The predicted molar refractivity (Wildman–Crippen MR) is 47.9 cm³/mol. The molecule has 1 rings (SSSR count). The summed E-state index contributed by atoms with van der Waals surface area (Å²) >= 11 is 3.43. The van der Waals surface area contributed by atoms with Crippen LogP contribution in [0.3, 0.4) is 0 Å². The maximum absolute atomic E-state index is 3.82. The van der Waals surface area contributed by atoms with Gasteiger partial charge in [0.1, 0.15) is 0 Å². The molecule has 1 radical (unpaired) electrons. The predicted octanol–water partition coefficient (Wildman–Crippen LogP) is 3.13. The third-order valence-electron chi connectivity index (χ3n) is 1.39. The van der Waals surface area contributed by atoms with E-state index < -0.39 is 0 Å². The van der Waals surface area contributed by atoms with Crippen LogP contribution in [-0.2, 0) is 6.42 Å². The zero-order valence-corrected chi connectivity index (χ0v) is 7.61. The van der Waals surface area contributed by atoms with Gasteiger partial charge in [0, 0.05) is 4.47 Å². The van der Waals surface area contributed by atoms with Crippen LogP contribution in [0.2, 0.25) is 0 Å². The van der Waals surface area contributed by atoms with E-state index in [1.807, 2.05) is 0 Å². The summed E-state index contributed by atoms with van der Waals surface area (Å²) in [4.78, 5) is 0. The van der Waals surface area contributed by atoms with Gasteiger partial charge in [0.2, 0.25) is 0 Å². The first-order chi connectivity index (χ1) is 4.72. The molecule has 0 aliphatic carbocycles. The largest absolute Gasteiger partial charge is 0.0560 e. The second-order valence-electron chi connectivity index (χ2n) is 2.39. The monoisotopic (exact) mass is 197 g/mol. The van der Waals surface area contributed by atoms with Crippen LogP contribution in [0.1, 0.15) is 11.1 Å². The first-order valence-electron chi connectivity index (χ1n) is 3.27. The fourth-order valence-corrected chi connectivity index (χ4v) is 1.61. The van der Waals surface area contributed by atoms with Crippen molar-refractivity contribution in [1.29, 1.82) is 0 Å². The zero-order valence-electron chi connectivity index (χ0n) is 6.02. The number of aryl methyl sites for hydroxylation is 1. The van der Waals surface area contributed by atoms with Gasteiger partial charge in [0.25, 0.3) is 0 Å². The van der Waals surface area contributed by atoms with E-state index in [1.54, 1.807) is 0 Å². The van der Waals surface area contributed by atoms with Gasteiger partial charge in [0.05, 0.1) is 0 Å². The molecule has 0 aliphatic rings. The zero-order chi connectivity index (χ0) is 7.56. The molecule has 0 N–H and O–H groups in total. The summed E-state index contributed by atoms with van der Waals surface area (Å²) in [5.74, 6) is 0. The Kier molecular flexibility index (Phi) is 2.50. The van der Waals surface area contributed by atoms with Crippen LogP contribution in [0.5, 0.6) is 0 Å². The van der Waals surface area contributed by atoms with Gasteiger partial charge in [0.15, 0.2) is 0 Å². The van der Waals surface area contributed by atoms with E-state index in [0.29, 0.717) is 0 Å². The van der Waals surface area contributed by atoms with Gasteiger partial charge in [-0.2, -0.15) is 0 Å². The average Bonchev–Trinajstić information content (AvgIpc) is 1.85. The number of halogens is 1. The van der Waals surface area contributed by atoms with E-state index in [0.717, 1.165) is 10.9 Å². The van der Waals surface area contributed by atoms with Gasteiger partial charge in [-0.1, -0.05) is 22.0 Å². The molecule has 0 aliphatic heterocycles. The molecular weight excluding hydrogens is 188 g/mol. The smallest absolute Gasteiger partial charge is 0.0180 e. The van der Waals surface area contributed by atoms with Crippen molar-refractivity contribution in [2.45, 2.75) is 13.3 Å². The molecule has 1 aromatic carbocycles. The Morgan fingerprint density at radius 2 is 2.10 bits per heavy atom. The van der Waals surface area contributed by atoms with Crippen molar-refractivity contribution >= 4 is 15.9 Å². The molecular formula is C9H10Br. The fourth-order valence-electron chi connectivity index (χ4n) is 0.956. The van der Waals surface area contributed by atoms with Gasteiger partial charge in [-0.05, 0) is 43.5 Å². The van der Waals surface area contributed by atoms with Crippen molar-refractivity contribution in [3.05, 3.63) is 40.7 Å². The van der Waals surface area contributed by atoms with Crippen LogP contribution in [0, 0.1) is 13.8 Å². The van der Waals surface area contributed by atoms with Gasteiger partial charge >= 0.3 is 0 Å². The SMILES string of the molecule is [CH2]Cc1cc(C)cc(Br)c1. The minimum atomic E-state index is 0.861. The number of rotatable bonds is 1. The lowest BCUT2D eigenvalue weighted by Gasteiger charge is -1.99. The number of hydrogen-bond donors (Lipinski definition) is 0. The maximum Gasteiger partial charge on any atom is 0.0180 e. The minimum Gasteiger partial charge on any atom is -0.0560 e. The molecule has 53 valence electrons. The molecule has 0 nitrogen and oxygen atoms in total. The molecule has 10 heavy (non-hydrogen) atoms. The van der Waals surface area contributed by atoms with Crippen LogP contribution in [-0.4, -0.2) is 0 Å². The topological polar surface area (TPSA) is 0 Å². The van der Waals surface area contributed by atoms with Crippen molar-refractivity contribution in [3.8, 4) is 0 Å². The first-order valence-corrected chi connectivity index (χ1v) is 4.07. The highest BCUT2D eigenvalue weighted by Gasteiger charge is 1.92. The molecule has 0 atom stereocenters.